The van der Waals surface area contributed by atoms with Crippen LogP contribution in [0.25, 0.3) is 16.7 Å². The highest BCUT2D eigenvalue weighted by atomic mass is 35.5. The van der Waals surface area contributed by atoms with Gasteiger partial charge in [0.25, 0.3) is 0 Å². The van der Waals surface area contributed by atoms with Crippen molar-refractivity contribution in [3.63, 3.8) is 0 Å². The summed E-state index contributed by atoms with van der Waals surface area (Å²) in [4.78, 5) is 7.93. The van der Waals surface area contributed by atoms with Gasteiger partial charge >= 0.3 is 0 Å². The lowest BCUT2D eigenvalue weighted by Crippen LogP contribution is -1.98. The van der Waals surface area contributed by atoms with E-state index in [0.29, 0.717) is 11.3 Å². The van der Waals surface area contributed by atoms with Crippen LogP contribution < -0.4 is 0 Å². The van der Waals surface area contributed by atoms with Gasteiger partial charge in [0.1, 0.15) is 5.82 Å². The van der Waals surface area contributed by atoms with Crippen molar-refractivity contribution in [3.8, 4) is 5.69 Å². The fourth-order valence-electron chi connectivity index (χ4n) is 1.59. The van der Waals surface area contributed by atoms with E-state index in [1.165, 1.54) is 16.8 Å². The lowest BCUT2D eigenvalue weighted by Gasteiger charge is -2.02. The molecule has 0 fully saturated rings. The van der Waals surface area contributed by atoms with E-state index >= 15 is 0 Å². The van der Waals surface area contributed by atoms with Crippen LogP contribution in [0.1, 0.15) is 0 Å². The Hall–Kier alpha value is -2.01. The van der Waals surface area contributed by atoms with Crippen LogP contribution in [-0.4, -0.2) is 19.7 Å². The van der Waals surface area contributed by atoms with Crippen molar-refractivity contribution in [2.75, 3.05) is 0 Å². The van der Waals surface area contributed by atoms with E-state index < -0.39 is 0 Å². The zero-order valence-corrected chi connectivity index (χ0v) is 9.26. The topological polar surface area (TPSA) is 43.6 Å². The summed E-state index contributed by atoms with van der Waals surface area (Å²) >= 11 is 5.73. The maximum atomic E-state index is 13.1. The van der Waals surface area contributed by atoms with Crippen LogP contribution in [0.5, 0.6) is 0 Å². The molecule has 1 aromatic carbocycles. The predicted octanol–water partition coefficient (Wildman–Crippen LogP) is 2.61. The predicted molar refractivity (Wildman–Crippen MR) is 61.6 cm³/mol. The van der Waals surface area contributed by atoms with Crippen LogP contribution in [0.15, 0.2) is 36.7 Å². The number of nitrogens with zero attached hydrogens (tertiary/aromatic N) is 4. The summed E-state index contributed by atoms with van der Waals surface area (Å²) < 4.78 is 14.7. The Morgan fingerprint density at radius 2 is 2.12 bits per heavy atom. The molecule has 0 aliphatic rings. The number of rotatable bonds is 1. The summed E-state index contributed by atoms with van der Waals surface area (Å²) in [5.74, 6) is -0.327. The molecule has 3 rings (SSSR count). The second-order valence-electron chi connectivity index (χ2n) is 3.45. The third kappa shape index (κ3) is 1.74. The first kappa shape index (κ1) is 10.2. The van der Waals surface area contributed by atoms with Crippen LogP contribution in [0.3, 0.4) is 0 Å². The third-order valence-electron chi connectivity index (χ3n) is 2.33. The van der Waals surface area contributed by atoms with E-state index in [-0.39, 0.29) is 11.1 Å². The average Bonchev–Trinajstić information content (AvgIpc) is 2.71. The molecule has 0 aliphatic heterocycles. The molecular weight excluding hydrogens is 243 g/mol. The molecule has 2 aromatic heterocycles. The standard InChI is InChI=1S/C11H6ClFN4/c12-11-14-5-7-6-15-17(10(7)16-11)9-3-1-2-8(13)4-9/h1-6H. The second-order valence-corrected chi connectivity index (χ2v) is 3.79. The SMILES string of the molecule is Fc1cccc(-n2ncc3cnc(Cl)nc32)c1. The molecule has 0 saturated heterocycles. The van der Waals surface area contributed by atoms with Crippen molar-refractivity contribution < 1.29 is 4.39 Å². The Kier molecular flexibility index (Phi) is 2.26. The molecule has 0 amide bonds. The van der Waals surface area contributed by atoms with Gasteiger partial charge in [-0.05, 0) is 29.8 Å². The number of hydrogen-bond acceptors (Lipinski definition) is 3. The Bertz CT molecular complexity index is 695. The van der Waals surface area contributed by atoms with E-state index in [4.69, 9.17) is 11.6 Å². The van der Waals surface area contributed by atoms with E-state index in [0.717, 1.165) is 5.39 Å². The van der Waals surface area contributed by atoms with E-state index in [1.807, 2.05) is 0 Å². The minimum Gasteiger partial charge on any atom is -0.226 e. The zero-order valence-electron chi connectivity index (χ0n) is 8.51. The highest BCUT2D eigenvalue weighted by molar-refractivity contribution is 6.28. The van der Waals surface area contributed by atoms with Gasteiger partial charge in [-0.3, -0.25) is 0 Å². The monoisotopic (exact) mass is 248 g/mol. The van der Waals surface area contributed by atoms with Crippen molar-refractivity contribution in [3.05, 3.63) is 47.8 Å². The molecule has 84 valence electrons. The average molecular weight is 249 g/mol. The van der Waals surface area contributed by atoms with Crippen molar-refractivity contribution in [2.24, 2.45) is 0 Å². The smallest absolute Gasteiger partial charge is 0.224 e. The van der Waals surface area contributed by atoms with E-state index in [2.05, 4.69) is 15.1 Å². The fourth-order valence-corrected chi connectivity index (χ4v) is 1.72. The molecule has 0 saturated carbocycles. The largest absolute Gasteiger partial charge is 0.226 e. The highest BCUT2D eigenvalue weighted by Crippen LogP contribution is 2.17. The van der Waals surface area contributed by atoms with Crippen molar-refractivity contribution in [2.45, 2.75) is 0 Å². The number of halogens is 2. The van der Waals surface area contributed by atoms with Gasteiger partial charge in [0.15, 0.2) is 5.65 Å². The Labute approximate surface area is 101 Å². The first-order chi connectivity index (χ1) is 8.24. The number of benzene rings is 1. The van der Waals surface area contributed by atoms with Gasteiger partial charge in [-0.25, -0.2) is 14.1 Å². The molecule has 0 N–H and O–H groups in total. The van der Waals surface area contributed by atoms with Gasteiger partial charge in [0, 0.05) is 6.20 Å². The summed E-state index contributed by atoms with van der Waals surface area (Å²) in [5.41, 5.74) is 1.14. The molecule has 0 unspecified atom stereocenters. The molecule has 0 aliphatic carbocycles. The van der Waals surface area contributed by atoms with Gasteiger partial charge < -0.3 is 0 Å². The Morgan fingerprint density at radius 1 is 1.24 bits per heavy atom. The van der Waals surface area contributed by atoms with Crippen molar-refractivity contribution >= 4 is 22.6 Å². The number of aromatic nitrogens is 4. The molecule has 0 bridgehead atoms. The van der Waals surface area contributed by atoms with Crippen LogP contribution >= 0.6 is 11.6 Å². The molecule has 0 atom stereocenters. The number of fused-ring (bicyclic) bond motifs is 1. The third-order valence-corrected chi connectivity index (χ3v) is 2.51. The lowest BCUT2D eigenvalue weighted by molar-refractivity contribution is 0.625. The molecule has 3 aromatic rings. The van der Waals surface area contributed by atoms with Crippen molar-refractivity contribution in [1.82, 2.24) is 19.7 Å². The normalized spacial score (nSPS) is 10.9. The molecule has 0 radical (unpaired) electrons. The van der Waals surface area contributed by atoms with Crippen LogP contribution in [0, 0.1) is 5.82 Å². The first-order valence-corrected chi connectivity index (χ1v) is 5.24. The molecule has 2 heterocycles. The van der Waals surface area contributed by atoms with Crippen molar-refractivity contribution in [1.29, 1.82) is 0 Å². The lowest BCUT2D eigenvalue weighted by atomic mass is 10.3. The summed E-state index contributed by atoms with van der Waals surface area (Å²) in [5, 5.41) is 5.02. The second kappa shape index (κ2) is 3.78. The summed E-state index contributed by atoms with van der Waals surface area (Å²) in [6, 6.07) is 6.10. The Morgan fingerprint density at radius 3 is 2.94 bits per heavy atom. The van der Waals surface area contributed by atoms with Gasteiger partial charge in [-0.2, -0.15) is 10.1 Å². The van der Waals surface area contributed by atoms with Gasteiger partial charge in [-0.1, -0.05) is 6.07 Å². The fraction of sp³-hybridized carbons (Fsp3) is 0. The minimum atomic E-state index is -0.327. The highest BCUT2D eigenvalue weighted by Gasteiger charge is 2.07. The van der Waals surface area contributed by atoms with Crippen LogP contribution in [0.2, 0.25) is 5.28 Å². The Balaban J connectivity index is 2.27. The van der Waals surface area contributed by atoms with Gasteiger partial charge in [-0.15, -0.1) is 0 Å². The molecule has 4 nitrogen and oxygen atoms in total. The molecule has 17 heavy (non-hydrogen) atoms. The quantitative estimate of drug-likeness (QED) is 0.622. The van der Waals surface area contributed by atoms with Crippen LogP contribution in [0.4, 0.5) is 4.39 Å². The minimum absolute atomic E-state index is 0.135. The van der Waals surface area contributed by atoms with Crippen LogP contribution in [-0.2, 0) is 0 Å². The summed E-state index contributed by atoms with van der Waals surface area (Å²) in [6.07, 6.45) is 3.18. The van der Waals surface area contributed by atoms with E-state index in [1.54, 1.807) is 24.5 Å². The molecule has 0 spiro atoms. The van der Waals surface area contributed by atoms with Gasteiger partial charge in [0.2, 0.25) is 5.28 Å². The van der Waals surface area contributed by atoms with E-state index in [9.17, 15) is 4.39 Å². The molecule has 6 heteroatoms. The maximum Gasteiger partial charge on any atom is 0.224 e. The molecular formula is C11H6ClFN4. The maximum absolute atomic E-state index is 13.1. The first-order valence-electron chi connectivity index (χ1n) is 4.86. The van der Waals surface area contributed by atoms with Gasteiger partial charge in [0.05, 0.1) is 17.3 Å². The summed E-state index contributed by atoms with van der Waals surface area (Å²) in [7, 11) is 0. The number of hydrogen-bond donors (Lipinski definition) is 0. The summed E-state index contributed by atoms with van der Waals surface area (Å²) in [6.45, 7) is 0. The zero-order chi connectivity index (χ0) is 11.8.